The van der Waals surface area contributed by atoms with Crippen LogP contribution < -0.4 is 10.5 Å². The summed E-state index contributed by atoms with van der Waals surface area (Å²) >= 11 is 0. The zero-order chi connectivity index (χ0) is 14.0. The molecule has 19 heavy (non-hydrogen) atoms. The number of fused-ring (bicyclic) bond motifs is 1. The number of benzene rings is 1. The molecular weight excluding hydrogens is 238 g/mol. The predicted molar refractivity (Wildman–Crippen MR) is 76.1 cm³/mol. The quantitative estimate of drug-likeness (QED) is 0.906. The second kappa shape index (κ2) is 5.24. The number of hydrogen-bond acceptors (Lipinski definition) is 2. The highest BCUT2D eigenvalue weighted by Gasteiger charge is 2.30. The SMILES string of the molecule is COc1ccc2c(c1)CCC(CC(C)(C)C(N)=O)C2. The van der Waals surface area contributed by atoms with Crippen LogP contribution in [0.15, 0.2) is 18.2 Å². The molecule has 0 aliphatic heterocycles. The third-order valence-electron chi connectivity index (χ3n) is 4.21. The lowest BCUT2D eigenvalue weighted by molar-refractivity contribution is -0.126. The van der Waals surface area contributed by atoms with Gasteiger partial charge in [-0.05, 0) is 54.9 Å². The summed E-state index contributed by atoms with van der Waals surface area (Å²) in [5.74, 6) is 1.27. The topological polar surface area (TPSA) is 52.3 Å². The Bertz CT molecular complexity index is 480. The molecule has 0 spiro atoms. The average Bonchev–Trinajstić information content (AvgIpc) is 2.37. The van der Waals surface area contributed by atoms with Crippen molar-refractivity contribution in [2.24, 2.45) is 17.1 Å². The van der Waals surface area contributed by atoms with Crippen LogP contribution in [0.5, 0.6) is 5.75 Å². The lowest BCUT2D eigenvalue weighted by Crippen LogP contribution is -2.34. The number of primary amides is 1. The summed E-state index contributed by atoms with van der Waals surface area (Å²) in [4.78, 5) is 11.4. The summed E-state index contributed by atoms with van der Waals surface area (Å²) in [6.07, 6.45) is 4.09. The summed E-state index contributed by atoms with van der Waals surface area (Å²) in [6, 6.07) is 6.29. The Hall–Kier alpha value is -1.51. The molecule has 0 aromatic heterocycles. The van der Waals surface area contributed by atoms with E-state index < -0.39 is 5.41 Å². The molecule has 2 N–H and O–H groups in total. The predicted octanol–water partition coefficient (Wildman–Crippen LogP) is 2.70. The number of carbonyl (C=O) groups excluding carboxylic acids is 1. The van der Waals surface area contributed by atoms with Crippen molar-refractivity contribution in [2.75, 3.05) is 7.11 Å². The van der Waals surface area contributed by atoms with Gasteiger partial charge in [0, 0.05) is 5.41 Å². The average molecular weight is 261 g/mol. The van der Waals surface area contributed by atoms with Crippen LogP contribution in [-0.4, -0.2) is 13.0 Å². The van der Waals surface area contributed by atoms with Gasteiger partial charge in [0.15, 0.2) is 0 Å². The number of aryl methyl sites for hydroxylation is 1. The van der Waals surface area contributed by atoms with Gasteiger partial charge >= 0.3 is 0 Å². The van der Waals surface area contributed by atoms with Crippen LogP contribution in [0, 0.1) is 11.3 Å². The van der Waals surface area contributed by atoms with Crippen molar-refractivity contribution in [2.45, 2.75) is 39.5 Å². The van der Waals surface area contributed by atoms with Crippen molar-refractivity contribution in [3.8, 4) is 5.75 Å². The molecule has 1 aromatic carbocycles. The molecule has 104 valence electrons. The number of nitrogens with two attached hydrogens (primary N) is 1. The van der Waals surface area contributed by atoms with Gasteiger partial charge < -0.3 is 10.5 Å². The van der Waals surface area contributed by atoms with E-state index in [-0.39, 0.29) is 5.91 Å². The first kappa shape index (κ1) is 13.9. The molecule has 1 aliphatic carbocycles. The Balaban J connectivity index is 2.08. The lowest BCUT2D eigenvalue weighted by Gasteiger charge is -2.30. The molecule has 0 heterocycles. The third-order valence-corrected chi connectivity index (χ3v) is 4.21. The minimum Gasteiger partial charge on any atom is -0.497 e. The van der Waals surface area contributed by atoms with E-state index in [1.807, 2.05) is 19.9 Å². The van der Waals surface area contributed by atoms with E-state index in [4.69, 9.17) is 10.5 Å². The second-order valence-corrected chi connectivity index (χ2v) is 6.20. The molecule has 1 amide bonds. The first-order chi connectivity index (χ1) is 8.92. The number of rotatable bonds is 4. The zero-order valence-corrected chi connectivity index (χ0v) is 12.0. The summed E-state index contributed by atoms with van der Waals surface area (Å²) in [5, 5.41) is 0. The van der Waals surface area contributed by atoms with Gasteiger partial charge in [-0.1, -0.05) is 19.9 Å². The normalized spacial score (nSPS) is 18.8. The molecule has 0 fully saturated rings. The van der Waals surface area contributed by atoms with Gasteiger partial charge in [0.05, 0.1) is 7.11 Å². The van der Waals surface area contributed by atoms with Crippen LogP contribution in [0.4, 0.5) is 0 Å². The van der Waals surface area contributed by atoms with Crippen LogP contribution in [0.2, 0.25) is 0 Å². The summed E-state index contributed by atoms with van der Waals surface area (Å²) in [6.45, 7) is 3.89. The molecule has 0 saturated heterocycles. The largest absolute Gasteiger partial charge is 0.497 e. The van der Waals surface area contributed by atoms with E-state index in [1.165, 1.54) is 11.1 Å². The van der Waals surface area contributed by atoms with Gasteiger partial charge in [-0.25, -0.2) is 0 Å². The van der Waals surface area contributed by atoms with E-state index in [9.17, 15) is 4.79 Å². The highest BCUT2D eigenvalue weighted by molar-refractivity contribution is 5.79. The molecule has 0 bridgehead atoms. The highest BCUT2D eigenvalue weighted by Crippen LogP contribution is 2.35. The Morgan fingerprint density at radius 3 is 2.79 bits per heavy atom. The van der Waals surface area contributed by atoms with Crippen molar-refractivity contribution in [3.05, 3.63) is 29.3 Å². The molecule has 3 heteroatoms. The maximum atomic E-state index is 11.4. The van der Waals surface area contributed by atoms with Crippen molar-refractivity contribution in [3.63, 3.8) is 0 Å². The van der Waals surface area contributed by atoms with Gasteiger partial charge in [-0.3, -0.25) is 4.79 Å². The first-order valence-electron chi connectivity index (χ1n) is 6.88. The van der Waals surface area contributed by atoms with Crippen LogP contribution >= 0.6 is 0 Å². The van der Waals surface area contributed by atoms with Crippen molar-refractivity contribution in [1.29, 1.82) is 0 Å². The van der Waals surface area contributed by atoms with Gasteiger partial charge in [0.25, 0.3) is 0 Å². The van der Waals surface area contributed by atoms with E-state index in [2.05, 4.69) is 12.1 Å². The van der Waals surface area contributed by atoms with E-state index in [0.29, 0.717) is 5.92 Å². The van der Waals surface area contributed by atoms with E-state index in [0.717, 1.165) is 31.4 Å². The van der Waals surface area contributed by atoms with E-state index in [1.54, 1.807) is 7.11 Å². The number of methoxy groups -OCH3 is 1. The minimum atomic E-state index is -0.408. The number of hydrogen-bond donors (Lipinski definition) is 1. The molecule has 1 unspecified atom stereocenters. The fourth-order valence-electron chi connectivity index (χ4n) is 2.93. The van der Waals surface area contributed by atoms with Crippen LogP contribution in [0.25, 0.3) is 0 Å². The Morgan fingerprint density at radius 1 is 1.42 bits per heavy atom. The fourth-order valence-corrected chi connectivity index (χ4v) is 2.93. The van der Waals surface area contributed by atoms with Gasteiger partial charge in [0.1, 0.15) is 5.75 Å². The summed E-state index contributed by atoms with van der Waals surface area (Å²) in [5.41, 5.74) is 7.82. The standard InChI is InChI=1S/C16H23NO2/c1-16(2,15(17)18)10-11-4-5-13-9-14(19-3)7-6-12(13)8-11/h6-7,9,11H,4-5,8,10H2,1-3H3,(H2,17,18). The van der Waals surface area contributed by atoms with Crippen LogP contribution in [0.3, 0.4) is 0 Å². The fraction of sp³-hybridized carbons (Fsp3) is 0.562. The number of amides is 1. The minimum absolute atomic E-state index is 0.201. The smallest absolute Gasteiger partial charge is 0.223 e. The van der Waals surface area contributed by atoms with Crippen molar-refractivity contribution in [1.82, 2.24) is 0 Å². The molecule has 1 aromatic rings. The maximum Gasteiger partial charge on any atom is 0.223 e. The molecule has 3 nitrogen and oxygen atoms in total. The molecule has 1 aliphatic rings. The lowest BCUT2D eigenvalue weighted by atomic mass is 9.74. The van der Waals surface area contributed by atoms with Crippen molar-refractivity contribution >= 4 is 5.91 Å². The summed E-state index contributed by atoms with van der Waals surface area (Å²) < 4.78 is 5.26. The second-order valence-electron chi connectivity index (χ2n) is 6.20. The zero-order valence-electron chi connectivity index (χ0n) is 12.0. The molecule has 0 saturated carbocycles. The van der Waals surface area contributed by atoms with E-state index >= 15 is 0 Å². The first-order valence-corrected chi connectivity index (χ1v) is 6.88. The maximum absolute atomic E-state index is 11.4. The molecule has 2 rings (SSSR count). The Labute approximate surface area is 115 Å². The van der Waals surface area contributed by atoms with Gasteiger partial charge in [0.2, 0.25) is 5.91 Å². The Morgan fingerprint density at radius 2 is 2.16 bits per heavy atom. The van der Waals surface area contributed by atoms with Crippen LogP contribution in [0.1, 0.15) is 37.8 Å². The van der Waals surface area contributed by atoms with Crippen molar-refractivity contribution < 1.29 is 9.53 Å². The van der Waals surface area contributed by atoms with Crippen LogP contribution in [-0.2, 0) is 17.6 Å². The van der Waals surface area contributed by atoms with Gasteiger partial charge in [-0.15, -0.1) is 0 Å². The number of ether oxygens (including phenoxy) is 1. The monoisotopic (exact) mass is 261 g/mol. The number of carbonyl (C=O) groups is 1. The highest BCUT2D eigenvalue weighted by atomic mass is 16.5. The molecule has 1 atom stereocenters. The molecular formula is C16H23NO2. The Kier molecular flexibility index (Phi) is 3.83. The summed E-state index contributed by atoms with van der Waals surface area (Å²) in [7, 11) is 1.70. The molecule has 0 radical (unpaired) electrons. The van der Waals surface area contributed by atoms with Gasteiger partial charge in [-0.2, -0.15) is 0 Å². The third kappa shape index (κ3) is 3.09.